The zero-order valence-electron chi connectivity index (χ0n) is 20.0. The number of carbonyl (C=O) groups excluding carboxylic acids is 1. The fourth-order valence-electron chi connectivity index (χ4n) is 4.28. The van der Waals surface area contributed by atoms with Crippen LogP contribution in [0, 0.1) is 5.82 Å². The molecule has 9 nitrogen and oxygen atoms in total. The molecule has 2 aromatic carbocycles. The Kier molecular flexibility index (Phi) is 7.63. The topological polar surface area (TPSA) is 89.3 Å². The monoisotopic (exact) mass is 496 g/mol. The van der Waals surface area contributed by atoms with Crippen molar-refractivity contribution in [3.63, 3.8) is 0 Å². The number of halogens is 1. The Hall–Kier alpha value is -3.63. The van der Waals surface area contributed by atoms with Crippen molar-refractivity contribution in [1.29, 1.82) is 0 Å². The Morgan fingerprint density at radius 1 is 1.03 bits per heavy atom. The van der Waals surface area contributed by atoms with Crippen molar-refractivity contribution < 1.29 is 27.9 Å². The smallest absolute Gasteiger partial charge is 0.246 e. The van der Waals surface area contributed by atoms with Gasteiger partial charge < -0.3 is 29.0 Å². The number of carbonyl (C=O) groups is 1. The predicted octanol–water partition coefficient (Wildman–Crippen LogP) is 3.05. The van der Waals surface area contributed by atoms with Crippen LogP contribution in [0.1, 0.15) is 12.1 Å². The van der Waals surface area contributed by atoms with E-state index in [1.165, 1.54) is 12.1 Å². The quantitative estimate of drug-likeness (QED) is 0.429. The molecule has 1 N–H and O–H groups in total. The average Bonchev–Trinajstić information content (AvgIpc) is 3.57. The zero-order chi connectivity index (χ0) is 24.7. The van der Waals surface area contributed by atoms with Crippen molar-refractivity contribution in [1.82, 2.24) is 15.4 Å². The van der Waals surface area contributed by atoms with Gasteiger partial charge in [-0.1, -0.05) is 5.16 Å². The normalized spacial score (nSPS) is 15.3. The van der Waals surface area contributed by atoms with Gasteiger partial charge in [0.1, 0.15) is 18.1 Å². The highest BCUT2D eigenvalue weighted by atomic mass is 19.1. The van der Waals surface area contributed by atoms with Crippen molar-refractivity contribution >= 4 is 11.6 Å². The molecule has 1 fully saturated rings. The first-order valence-corrected chi connectivity index (χ1v) is 12.1. The first kappa shape index (κ1) is 24.1. The Morgan fingerprint density at radius 3 is 2.67 bits per heavy atom. The third-order valence-corrected chi connectivity index (χ3v) is 6.24. The van der Waals surface area contributed by atoms with Crippen LogP contribution < -0.4 is 19.7 Å². The number of aromatic nitrogens is 1. The summed E-state index contributed by atoms with van der Waals surface area (Å²) in [6.45, 7) is 5.57. The number of nitrogens with zero attached hydrogens (tertiary/aromatic N) is 3. The van der Waals surface area contributed by atoms with E-state index in [4.69, 9.17) is 18.7 Å². The molecule has 0 spiro atoms. The standard InChI is InChI=1S/C26H29FN4O5/c27-20-3-5-22(6-4-20)31-12-10-30(11-13-31)9-1-8-28-26(32)17-33-16-21-15-24(36-29-21)19-2-7-23-25(14-19)35-18-34-23/h2-7,14-15H,1,8-13,16-18H2,(H,28,32). The minimum atomic E-state index is -0.213. The summed E-state index contributed by atoms with van der Waals surface area (Å²) in [7, 11) is 0. The molecule has 10 heteroatoms. The summed E-state index contributed by atoms with van der Waals surface area (Å²) in [6.07, 6.45) is 0.866. The Labute approximate surface area is 208 Å². The van der Waals surface area contributed by atoms with Gasteiger partial charge in [-0.15, -0.1) is 0 Å². The largest absolute Gasteiger partial charge is 0.454 e. The highest BCUT2D eigenvalue weighted by Gasteiger charge is 2.18. The van der Waals surface area contributed by atoms with Crippen molar-refractivity contribution in [3.05, 3.63) is 60.0 Å². The van der Waals surface area contributed by atoms with E-state index in [2.05, 4.69) is 20.3 Å². The third-order valence-electron chi connectivity index (χ3n) is 6.24. The molecular weight excluding hydrogens is 467 g/mol. The number of nitrogens with one attached hydrogen (secondary N) is 1. The summed E-state index contributed by atoms with van der Waals surface area (Å²) in [6, 6.07) is 14.0. The van der Waals surface area contributed by atoms with Gasteiger partial charge in [-0.25, -0.2) is 4.39 Å². The second kappa shape index (κ2) is 11.4. The lowest BCUT2D eigenvalue weighted by Gasteiger charge is -2.36. The number of benzene rings is 2. The lowest BCUT2D eigenvalue weighted by molar-refractivity contribution is -0.126. The number of ether oxygens (including phenoxy) is 3. The van der Waals surface area contributed by atoms with Crippen LogP contribution in [-0.4, -0.2) is 68.6 Å². The van der Waals surface area contributed by atoms with Gasteiger partial charge in [0.2, 0.25) is 12.7 Å². The fourth-order valence-corrected chi connectivity index (χ4v) is 4.28. The maximum Gasteiger partial charge on any atom is 0.246 e. The molecule has 0 bridgehead atoms. The van der Waals surface area contributed by atoms with Gasteiger partial charge in [0.25, 0.3) is 0 Å². The van der Waals surface area contributed by atoms with Gasteiger partial charge in [-0.05, 0) is 55.4 Å². The van der Waals surface area contributed by atoms with E-state index in [-0.39, 0.29) is 31.7 Å². The van der Waals surface area contributed by atoms with Crippen LogP contribution in [0.2, 0.25) is 0 Å². The third kappa shape index (κ3) is 6.13. The van der Waals surface area contributed by atoms with Crippen LogP contribution in [0.4, 0.5) is 10.1 Å². The van der Waals surface area contributed by atoms with Gasteiger partial charge in [0, 0.05) is 50.0 Å². The summed E-state index contributed by atoms with van der Waals surface area (Å²) in [5.41, 5.74) is 2.49. The van der Waals surface area contributed by atoms with E-state index in [9.17, 15) is 9.18 Å². The van der Waals surface area contributed by atoms with Crippen molar-refractivity contribution in [2.24, 2.45) is 0 Å². The van der Waals surface area contributed by atoms with Crippen LogP contribution in [-0.2, 0) is 16.1 Å². The molecule has 3 heterocycles. The van der Waals surface area contributed by atoms with Crippen LogP contribution in [0.15, 0.2) is 53.1 Å². The second-order valence-corrected chi connectivity index (χ2v) is 8.75. The Morgan fingerprint density at radius 2 is 1.83 bits per heavy atom. The van der Waals surface area contributed by atoms with Crippen LogP contribution in [0.3, 0.4) is 0 Å². The molecule has 36 heavy (non-hydrogen) atoms. The number of piperazine rings is 1. The van der Waals surface area contributed by atoms with Crippen molar-refractivity contribution in [2.75, 3.05) is 57.6 Å². The van der Waals surface area contributed by atoms with E-state index in [0.717, 1.165) is 50.4 Å². The van der Waals surface area contributed by atoms with E-state index >= 15 is 0 Å². The summed E-state index contributed by atoms with van der Waals surface area (Å²) >= 11 is 0. The SMILES string of the molecule is O=C(COCc1cc(-c2ccc3c(c2)OCO3)on1)NCCCN1CCN(c2ccc(F)cc2)CC1. The van der Waals surface area contributed by atoms with Gasteiger partial charge in [0.15, 0.2) is 17.3 Å². The Bertz CT molecular complexity index is 1160. The number of rotatable bonds is 10. The minimum absolute atomic E-state index is 0.0391. The molecule has 1 aromatic heterocycles. The number of hydrogen-bond donors (Lipinski definition) is 1. The highest BCUT2D eigenvalue weighted by molar-refractivity contribution is 5.77. The van der Waals surface area contributed by atoms with Gasteiger partial charge in [-0.2, -0.15) is 0 Å². The van der Waals surface area contributed by atoms with E-state index in [1.807, 2.05) is 30.3 Å². The minimum Gasteiger partial charge on any atom is -0.454 e. The second-order valence-electron chi connectivity index (χ2n) is 8.75. The number of anilines is 1. The van der Waals surface area contributed by atoms with Gasteiger partial charge >= 0.3 is 0 Å². The molecule has 0 unspecified atom stereocenters. The molecule has 0 saturated carbocycles. The maximum absolute atomic E-state index is 13.1. The molecule has 0 radical (unpaired) electrons. The average molecular weight is 497 g/mol. The fraction of sp³-hybridized carbons (Fsp3) is 0.385. The molecule has 1 amide bonds. The van der Waals surface area contributed by atoms with Crippen molar-refractivity contribution in [3.8, 4) is 22.8 Å². The highest BCUT2D eigenvalue weighted by Crippen LogP contribution is 2.36. The summed E-state index contributed by atoms with van der Waals surface area (Å²) in [5.74, 6) is 1.60. The van der Waals surface area contributed by atoms with Gasteiger partial charge in [0.05, 0.1) is 6.61 Å². The molecule has 1 saturated heterocycles. The number of fused-ring (bicyclic) bond motifs is 1. The van der Waals surface area contributed by atoms with Crippen LogP contribution in [0.25, 0.3) is 11.3 Å². The van der Waals surface area contributed by atoms with Crippen LogP contribution in [0.5, 0.6) is 11.5 Å². The zero-order valence-corrected chi connectivity index (χ0v) is 20.0. The van der Waals surface area contributed by atoms with Gasteiger partial charge in [-0.3, -0.25) is 9.69 Å². The van der Waals surface area contributed by atoms with E-state index in [0.29, 0.717) is 29.5 Å². The first-order valence-electron chi connectivity index (χ1n) is 12.1. The molecule has 0 atom stereocenters. The summed E-state index contributed by atoms with van der Waals surface area (Å²) in [4.78, 5) is 16.7. The summed E-state index contributed by atoms with van der Waals surface area (Å²) in [5, 5.41) is 6.91. The van der Waals surface area contributed by atoms with Crippen molar-refractivity contribution in [2.45, 2.75) is 13.0 Å². The molecule has 190 valence electrons. The van der Waals surface area contributed by atoms with E-state index in [1.54, 1.807) is 6.07 Å². The molecule has 2 aliphatic rings. The Balaban J connectivity index is 0.948. The lowest BCUT2D eigenvalue weighted by atomic mass is 10.1. The molecule has 5 rings (SSSR count). The number of hydrogen-bond acceptors (Lipinski definition) is 8. The molecular formula is C26H29FN4O5. The number of amides is 1. The first-order chi connectivity index (χ1) is 17.6. The van der Waals surface area contributed by atoms with Crippen LogP contribution >= 0.6 is 0 Å². The maximum atomic E-state index is 13.1. The summed E-state index contributed by atoms with van der Waals surface area (Å²) < 4.78 is 34.7. The predicted molar refractivity (Wildman–Crippen MR) is 130 cm³/mol. The lowest BCUT2D eigenvalue weighted by Crippen LogP contribution is -2.47. The molecule has 0 aliphatic carbocycles. The van der Waals surface area contributed by atoms with E-state index < -0.39 is 0 Å². The molecule has 3 aromatic rings. The molecule has 2 aliphatic heterocycles.